The molecule has 262 valence electrons. The molecule has 0 unspecified atom stereocenters. The number of nitrogens with one attached hydrogen (secondary N) is 2. The van der Waals surface area contributed by atoms with Crippen molar-refractivity contribution in [3.63, 3.8) is 0 Å². The third kappa shape index (κ3) is 6.89. The Hall–Kier alpha value is -3.16. The van der Waals surface area contributed by atoms with Crippen molar-refractivity contribution in [1.29, 1.82) is 0 Å². The van der Waals surface area contributed by atoms with Crippen molar-refractivity contribution in [2.45, 2.75) is 122 Å². The minimum Gasteiger partial charge on any atom is -0.480 e. The van der Waals surface area contributed by atoms with Gasteiger partial charge in [-0.1, -0.05) is 33.3 Å². The lowest BCUT2D eigenvalue weighted by Crippen LogP contribution is -2.62. The van der Waals surface area contributed by atoms with Gasteiger partial charge in [-0.2, -0.15) is 0 Å². The monoisotopic (exact) mass is 662 g/mol. The number of aliphatic hydroxyl groups excluding tert-OH is 2. The lowest BCUT2D eigenvalue weighted by atomic mass is 9.45. The van der Waals surface area contributed by atoms with E-state index in [4.69, 9.17) is 4.74 Å². The van der Waals surface area contributed by atoms with Gasteiger partial charge in [-0.15, -0.1) is 0 Å². The van der Waals surface area contributed by atoms with Crippen molar-refractivity contribution in [3.05, 3.63) is 11.6 Å². The summed E-state index contributed by atoms with van der Waals surface area (Å²) >= 11 is 0. The molecule has 0 aromatic rings. The van der Waals surface area contributed by atoms with Crippen molar-refractivity contribution >= 4 is 35.3 Å². The van der Waals surface area contributed by atoms with E-state index in [0.717, 1.165) is 18.4 Å². The quantitative estimate of drug-likeness (QED) is 0.163. The summed E-state index contributed by atoms with van der Waals surface area (Å²) in [7, 11) is 0. The van der Waals surface area contributed by atoms with Gasteiger partial charge in [-0.25, -0.2) is 4.79 Å². The Morgan fingerprint density at radius 3 is 2.30 bits per heavy atom. The van der Waals surface area contributed by atoms with Gasteiger partial charge in [0.1, 0.15) is 11.6 Å². The molecule has 2 amide bonds. The molecule has 6 N–H and O–H groups in total. The molecule has 13 heteroatoms. The first-order valence-corrected chi connectivity index (χ1v) is 16.7. The molecule has 3 fully saturated rings. The first kappa shape index (κ1) is 36.7. The second-order valence-corrected chi connectivity index (χ2v) is 14.9. The number of rotatable bonds is 12. The van der Waals surface area contributed by atoms with Crippen LogP contribution >= 0.6 is 0 Å². The van der Waals surface area contributed by atoms with Crippen LogP contribution in [0.1, 0.15) is 92.4 Å². The number of carboxylic acids is 1. The standard InChI is InChI=1S/C34H50N2O11/c1-17(2)28(30(43)36-29(18(3)37)31(44)45)35-25(41)8-9-26(42)47-16-24(40)34(46)13-11-22-21-7-6-19-14-20(38)10-12-32(19,4)27(21)23(39)15-33(22,34)5/h14,17-18,21-23,27-29,37,39,46H,6-13,15-16H2,1-5H3,(H,35,41)(H,36,43)(H,44,45)/t18-,21-,22+,23+,27-,28-,29-,32-,33-,34-/m0/s1. The Morgan fingerprint density at radius 2 is 1.68 bits per heavy atom. The first-order valence-electron chi connectivity index (χ1n) is 16.7. The lowest BCUT2D eigenvalue weighted by Gasteiger charge is -2.60. The second kappa shape index (κ2) is 13.8. The Balaban J connectivity index is 1.32. The first-order chi connectivity index (χ1) is 21.9. The number of ketones is 2. The number of allylic oxidation sites excluding steroid dienone is 1. The Labute approximate surface area is 274 Å². The summed E-state index contributed by atoms with van der Waals surface area (Å²) in [6, 6.07) is -2.70. The summed E-state index contributed by atoms with van der Waals surface area (Å²) in [5, 5.41) is 46.9. The number of carbonyl (C=O) groups excluding carboxylic acids is 5. The third-order valence-electron chi connectivity index (χ3n) is 11.7. The van der Waals surface area contributed by atoms with Crippen LogP contribution in [0.3, 0.4) is 0 Å². The second-order valence-electron chi connectivity index (χ2n) is 14.9. The molecule has 10 atom stereocenters. The molecule has 0 aliphatic heterocycles. The number of carboxylic acid groups (broad SMARTS) is 1. The van der Waals surface area contributed by atoms with Crippen molar-refractivity contribution in [2.75, 3.05) is 6.61 Å². The highest BCUT2D eigenvalue weighted by Crippen LogP contribution is 2.67. The summed E-state index contributed by atoms with van der Waals surface area (Å²) in [6.07, 6.45) is 2.42. The molecule has 0 heterocycles. The molecule has 13 nitrogen and oxygen atoms in total. The van der Waals surface area contributed by atoms with Crippen LogP contribution in [0.25, 0.3) is 0 Å². The predicted molar refractivity (Wildman–Crippen MR) is 166 cm³/mol. The van der Waals surface area contributed by atoms with E-state index in [0.29, 0.717) is 19.3 Å². The maximum atomic E-state index is 13.5. The van der Waals surface area contributed by atoms with Gasteiger partial charge in [-0.05, 0) is 80.6 Å². The largest absolute Gasteiger partial charge is 0.480 e. The molecule has 4 rings (SSSR count). The highest BCUT2D eigenvalue weighted by atomic mass is 16.5. The van der Waals surface area contributed by atoms with Gasteiger partial charge < -0.3 is 35.8 Å². The van der Waals surface area contributed by atoms with Gasteiger partial charge in [0.2, 0.25) is 17.6 Å². The number of amides is 2. The number of esters is 1. The number of hydrogen-bond donors (Lipinski definition) is 6. The van der Waals surface area contributed by atoms with Gasteiger partial charge in [0.25, 0.3) is 0 Å². The summed E-state index contributed by atoms with van der Waals surface area (Å²) in [5.74, 6) is -4.79. The fourth-order valence-electron chi connectivity index (χ4n) is 9.12. The van der Waals surface area contributed by atoms with Crippen molar-refractivity contribution in [1.82, 2.24) is 10.6 Å². The number of aliphatic hydroxyl groups is 3. The smallest absolute Gasteiger partial charge is 0.328 e. The van der Waals surface area contributed by atoms with E-state index < -0.39 is 83.8 Å². The molecule has 4 aliphatic carbocycles. The molecule has 0 radical (unpaired) electrons. The van der Waals surface area contributed by atoms with E-state index in [1.807, 2.05) is 6.92 Å². The Morgan fingerprint density at radius 1 is 1.00 bits per heavy atom. The van der Waals surface area contributed by atoms with E-state index in [2.05, 4.69) is 17.6 Å². The number of carbonyl (C=O) groups is 6. The summed E-state index contributed by atoms with van der Waals surface area (Å²) < 4.78 is 5.19. The van der Waals surface area contributed by atoms with E-state index >= 15 is 0 Å². The zero-order valence-electron chi connectivity index (χ0n) is 27.9. The number of ether oxygens (including phenoxy) is 1. The van der Waals surface area contributed by atoms with Crippen molar-refractivity contribution in [2.24, 2.45) is 34.5 Å². The summed E-state index contributed by atoms with van der Waals surface area (Å²) in [4.78, 5) is 74.7. The highest BCUT2D eigenvalue weighted by molar-refractivity contribution is 5.93. The van der Waals surface area contributed by atoms with Gasteiger partial charge in [-0.3, -0.25) is 24.0 Å². The van der Waals surface area contributed by atoms with Crippen LogP contribution in [0.15, 0.2) is 11.6 Å². The molecule has 4 aliphatic rings. The zero-order chi connectivity index (χ0) is 35.1. The Bertz CT molecular complexity index is 1330. The molecule has 0 aromatic carbocycles. The van der Waals surface area contributed by atoms with Gasteiger partial charge in [0, 0.05) is 18.3 Å². The molecular formula is C34H50N2O11. The molecule has 0 aromatic heterocycles. The zero-order valence-corrected chi connectivity index (χ0v) is 27.9. The van der Waals surface area contributed by atoms with Crippen LogP contribution in [0.4, 0.5) is 0 Å². The highest BCUT2D eigenvalue weighted by Gasteiger charge is 2.68. The Kier molecular flexibility index (Phi) is 10.7. The third-order valence-corrected chi connectivity index (χ3v) is 11.7. The van der Waals surface area contributed by atoms with Gasteiger partial charge in [0.05, 0.1) is 18.6 Å². The van der Waals surface area contributed by atoms with Crippen LogP contribution < -0.4 is 10.6 Å². The van der Waals surface area contributed by atoms with E-state index in [9.17, 15) is 49.2 Å². The molecular weight excluding hydrogens is 612 g/mol. The maximum absolute atomic E-state index is 13.5. The number of aliphatic carboxylic acids is 1. The molecule has 0 spiro atoms. The predicted octanol–water partition coefficient (Wildman–Crippen LogP) is 1.20. The van der Waals surface area contributed by atoms with Crippen LogP contribution in [-0.2, 0) is 33.5 Å². The number of Topliss-reactive ketones (excluding diaryl/α,β-unsaturated/α-hetero) is 1. The van der Waals surface area contributed by atoms with E-state index in [1.165, 1.54) is 6.92 Å². The molecule has 47 heavy (non-hydrogen) atoms. The van der Waals surface area contributed by atoms with E-state index in [-0.39, 0.29) is 48.2 Å². The van der Waals surface area contributed by atoms with Crippen molar-refractivity contribution in [3.8, 4) is 0 Å². The van der Waals surface area contributed by atoms with Gasteiger partial charge in [0.15, 0.2) is 18.4 Å². The lowest BCUT2D eigenvalue weighted by molar-refractivity contribution is -0.184. The minimum absolute atomic E-state index is 0.0299. The minimum atomic E-state index is -1.81. The molecule has 3 saturated carbocycles. The summed E-state index contributed by atoms with van der Waals surface area (Å²) in [6.45, 7) is 7.75. The molecule has 0 saturated heterocycles. The summed E-state index contributed by atoms with van der Waals surface area (Å²) in [5.41, 5.74) is -1.95. The average Bonchev–Trinajstić information content (AvgIpc) is 3.26. The number of hydrogen-bond acceptors (Lipinski definition) is 10. The fraction of sp³-hybridized carbons (Fsp3) is 0.765. The fourth-order valence-corrected chi connectivity index (χ4v) is 9.12. The van der Waals surface area contributed by atoms with E-state index in [1.54, 1.807) is 19.9 Å². The van der Waals surface area contributed by atoms with Crippen molar-refractivity contribution < 1.29 is 53.9 Å². The SMILES string of the molecule is CC(C)[C@H](NC(=O)CCC(=O)OCC(=O)[C@@]1(O)CC[C@@H]2[C@@H]3CCC4=CC(=O)CC[C@]4(C)[C@@H]3[C@H](O)C[C@@]21C)C(=O)N[C@H](C(=O)O)[C@H](C)O. The number of fused-ring (bicyclic) bond motifs is 5. The van der Waals surface area contributed by atoms with Crippen LogP contribution in [-0.4, -0.2) is 92.2 Å². The van der Waals surface area contributed by atoms with Gasteiger partial charge >= 0.3 is 11.9 Å². The van der Waals surface area contributed by atoms with Crippen LogP contribution in [0.2, 0.25) is 0 Å². The van der Waals surface area contributed by atoms with Crippen LogP contribution in [0.5, 0.6) is 0 Å². The topological polar surface area (TPSA) is 217 Å². The normalized spacial score (nSPS) is 34.9. The molecule has 0 bridgehead atoms. The van der Waals surface area contributed by atoms with Crippen LogP contribution in [0, 0.1) is 34.5 Å². The maximum Gasteiger partial charge on any atom is 0.328 e. The average molecular weight is 663 g/mol.